The van der Waals surface area contributed by atoms with Gasteiger partial charge in [-0.05, 0) is 22.3 Å². The van der Waals surface area contributed by atoms with E-state index in [1.54, 1.807) is 0 Å². The van der Waals surface area contributed by atoms with Gasteiger partial charge in [0.15, 0.2) is 0 Å². The molecule has 9 nitrogen and oxygen atoms in total. The molecule has 1 aliphatic carbocycles. The molecule has 0 saturated heterocycles. The maximum atomic E-state index is 14.5. The lowest BCUT2D eigenvalue weighted by atomic mass is 9.98. The number of H-pyrrole nitrogens is 1. The Balaban J connectivity index is 1.31. The van der Waals surface area contributed by atoms with Gasteiger partial charge in [0.2, 0.25) is 0 Å². The van der Waals surface area contributed by atoms with E-state index in [9.17, 15) is 23.2 Å². The summed E-state index contributed by atoms with van der Waals surface area (Å²) in [5.41, 5.74) is 4.59. The molecule has 2 amide bonds. The van der Waals surface area contributed by atoms with Gasteiger partial charge >= 0.3 is 18.0 Å². The van der Waals surface area contributed by atoms with Crippen molar-refractivity contribution in [2.75, 3.05) is 19.8 Å². The number of imidazole rings is 1. The number of fused-ring (bicyclic) bond motifs is 3. The summed E-state index contributed by atoms with van der Waals surface area (Å²) in [6.07, 6.45) is 1.87. The summed E-state index contributed by atoms with van der Waals surface area (Å²) < 4.78 is 39.2. The highest BCUT2D eigenvalue weighted by atomic mass is 19.3. The molecule has 11 heteroatoms. The standard InChI is InChI=1S/C26H26F2N4O5/c1-16(33)36-12-18(10-17-11-29-15-31-17)32-24(34)26(27,28)14-30-25(35)37-13-23-21-8-4-2-6-19(21)20-7-3-5-9-22(20)23/h2-9,11,15,18,23H,10,12-14H2,1H3,(H,29,31)(H,30,35)(H,32,34). The molecule has 0 bridgehead atoms. The van der Waals surface area contributed by atoms with Crippen LogP contribution in [0.1, 0.15) is 29.7 Å². The number of alkyl halides is 2. The number of benzene rings is 2. The summed E-state index contributed by atoms with van der Waals surface area (Å²) in [4.78, 5) is 42.3. The van der Waals surface area contributed by atoms with E-state index in [-0.39, 0.29) is 25.6 Å². The predicted molar refractivity (Wildman–Crippen MR) is 129 cm³/mol. The Morgan fingerprint density at radius 1 is 1.05 bits per heavy atom. The number of alkyl carbamates (subject to hydrolysis) is 1. The average molecular weight is 513 g/mol. The topological polar surface area (TPSA) is 122 Å². The molecular weight excluding hydrogens is 486 g/mol. The van der Waals surface area contributed by atoms with Crippen molar-refractivity contribution < 1.29 is 32.6 Å². The molecule has 0 saturated carbocycles. The maximum absolute atomic E-state index is 14.5. The predicted octanol–water partition coefficient (Wildman–Crippen LogP) is 3.17. The third kappa shape index (κ3) is 6.29. The molecule has 0 spiro atoms. The first kappa shape index (κ1) is 25.8. The molecule has 1 atom stereocenters. The molecule has 1 aliphatic rings. The minimum absolute atomic E-state index is 0.0493. The van der Waals surface area contributed by atoms with Gasteiger partial charge in [0.1, 0.15) is 13.2 Å². The van der Waals surface area contributed by atoms with Crippen LogP contribution in [0.25, 0.3) is 11.1 Å². The maximum Gasteiger partial charge on any atom is 0.407 e. The molecule has 0 radical (unpaired) electrons. The monoisotopic (exact) mass is 512 g/mol. The van der Waals surface area contributed by atoms with Gasteiger partial charge in [-0.25, -0.2) is 9.78 Å². The highest BCUT2D eigenvalue weighted by molar-refractivity contribution is 5.84. The molecule has 3 N–H and O–H groups in total. The van der Waals surface area contributed by atoms with Gasteiger partial charge < -0.3 is 25.1 Å². The average Bonchev–Trinajstić information content (AvgIpc) is 3.51. The fourth-order valence-corrected chi connectivity index (χ4v) is 4.24. The zero-order valence-corrected chi connectivity index (χ0v) is 20.0. The number of ether oxygens (including phenoxy) is 2. The number of aromatic amines is 1. The molecule has 37 heavy (non-hydrogen) atoms. The molecule has 1 unspecified atom stereocenters. The SMILES string of the molecule is CC(=O)OCC(Cc1cnc[nH]1)NC(=O)C(F)(F)CNC(=O)OCC1c2ccccc2-c2ccccc21. The van der Waals surface area contributed by atoms with E-state index in [1.165, 1.54) is 19.4 Å². The molecule has 3 aromatic rings. The zero-order chi connectivity index (χ0) is 26.4. The molecule has 194 valence electrons. The fourth-order valence-electron chi connectivity index (χ4n) is 4.24. The van der Waals surface area contributed by atoms with Gasteiger partial charge in [0, 0.05) is 31.2 Å². The number of amides is 2. The number of nitrogens with zero attached hydrogens (tertiary/aromatic N) is 1. The largest absolute Gasteiger partial charge is 0.464 e. The van der Waals surface area contributed by atoms with Crippen LogP contribution in [-0.2, 0) is 25.5 Å². The van der Waals surface area contributed by atoms with Gasteiger partial charge in [0.05, 0.1) is 18.9 Å². The number of nitrogens with one attached hydrogen (secondary N) is 3. The molecule has 4 rings (SSSR count). The molecule has 0 fully saturated rings. The lowest BCUT2D eigenvalue weighted by molar-refractivity contribution is -0.148. The minimum atomic E-state index is -3.94. The van der Waals surface area contributed by atoms with E-state index in [0.717, 1.165) is 22.3 Å². The quantitative estimate of drug-likeness (QED) is 0.359. The van der Waals surface area contributed by atoms with E-state index in [1.807, 2.05) is 53.8 Å². The van der Waals surface area contributed by atoms with Gasteiger partial charge in [-0.1, -0.05) is 48.5 Å². The van der Waals surface area contributed by atoms with Crippen LogP contribution in [0.2, 0.25) is 0 Å². The second kappa shape index (κ2) is 11.2. The van der Waals surface area contributed by atoms with Gasteiger partial charge in [-0.3, -0.25) is 9.59 Å². The highest BCUT2D eigenvalue weighted by Crippen LogP contribution is 2.44. The number of aromatic nitrogens is 2. The normalized spacial score (nSPS) is 13.3. The van der Waals surface area contributed by atoms with Crippen molar-refractivity contribution in [1.29, 1.82) is 0 Å². The minimum Gasteiger partial charge on any atom is -0.464 e. The molecule has 2 aromatic carbocycles. The number of carbonyl (C=O) groups is 3. The Morgan fingerprint density at radius 2 is 1.70 bits per heavy atom. The summed E-state index contributed by atoms with van der Waals surface area (Å²) in [5, 5.41) is 4.14. The van der Waals surface area contributed by atoms with E-state index >= 15 is 0 Å². The Bertz CT molecular complexity index is 1220. The third-order valence-electron chi connectivity index (χ3n) is 5.97. The molecule has 1 heterocycles. The van der Waals surface area contributed by atoms with Crippen LogP contribution in [0, 0.1) is 0 Å². The lowest BCUT2D eigenvalue weighted by Crippen LogP contribution is -2.52. The van der Waals surface area contributed by atoms with Crippen molar-refractivity contribution in [2.45, 2.75) is 31.2 Å². The second-order valence-electron chi connectivity index (χ2n) is 8.64. The van der Waals surface area contributed by atoms with Crippen molar-refractivity contribution in [3.63, 3.8) is 0 Å². The first-order chi connectivity index (χ1) is 17.7. The summed E-state index contributed by atoms with van der Waals surface area (Å²) in [6, 6.07) is 14.5. The van der Waals surface area contributed by atoms with Crippen LogP contribution in [0.5, 0.6) is 0 Å². The van der Waals surface area contributed by atoms with Crippen molar-refractivity contribution >= 4 is 18.0 Å². The number of carbonyl (C=O) groups excluding carboxylic acids is 3. The Hall–Kier alpha value is -4.28. The first-order valence-electron chi connectivity index (χ1n) is 11.6. The Morgan fingerprint density at radius 3 is 2.30 bits per heavy atom. The Kier molecular flexibility index (Phi) is 7.80. The Labute approximate surface area is 211 Å². The molecular formula is C26H26F2N4O5. The summed E-state index contributed by atoms with van der Waals surface area (Å²) >= 11 is 0. The van der Waals surface area contributed by atoms with Crippen LogP contribution in [0.4, 0.5) is 13.6 Å². The zero-order valence-electron chi connectivity index (χ0n) is 20.0. The van der Waals surface area contributed by atoms with Crippen LogP contribution in [-0.4, -0.2) is 59.7 Å². The van der Waals surface area contributed by atoms with Crippen molar-refractivity contribution in [2.24, 2.45) is 0 Å². The third-order valence-corrected chi connectivity index (χ3v) is 5.97. The van der Waals surface area contributed by atoms with Crippen LogP contribution >= 0.6 is 0 Å². The van der Waals surface area contributed by atoms with E-state index in [4.69, 9.17) is 9.47 Å². The first-order valence-corrected chi connectivity index (χ1v) is 11.6. The van der Waals surface area contributed by atoms with Gasteiger partial charge in [-0.2, -0.15) is 8.78 Å². The van der Waals surface area contributed by atoms with Crippen LogP contribution < -0.4 is 10.6 Å². The molecule has 0 aliphatic heterocycles. The summed E-state index contributed by atoms with van der Waals surface area (Å²) in [6.45, 7) is -0.454. The number of hydrogen-bond donors (Lipinski definition) is 3. The highest BCUT2D eigenvalue weighted by Gasteiger charge is 2.40. The van der Waals surface area contributed by atoms with E-state index in [0.29, 0.717) is 5.69 Å². The van der Waals surface area contributed by atoms with E-state index < -0.39 is 36.5 Å². The van der Waals surface area contributed by atoms with Gasteiger partial charge in [-0.15, -0.1) is 0 Å². The van der Waals surface area contributed by atoms with Crippen LogP contribution in [0.15, 0.2) is 61.1 Å². The summed E-state index contributed by atoms with van der Waals surface area (Å²) in [7, 11) is 0. The number of rotatable bonds is 10. The number of hydrogen-bond acceptors (Lipinski definition) is 6. The van der Waals surface area contributed by atoms with E-state index in [2.05, 4.69) is 15.3 Å². The molecule has 1 aromatic heterocycles. The van der Waals surface area contributed by atoms with Crippen molar-refractivity contribution in [3.05, 3.63) is 77.9 Å². The number of halogens is 2. The summed E-state index contributed by atoms with van der Waals surface area (Å²) in [5.74, 6) is -6.41. The smallest absolute Gasteiger partial charge is 0.407 e. The fraction of sp³-hybridized carbons (Fsp3) is 0.308. The van der Waals surface area contributed by atoms with Crippen molar-refractivity contribution in [3.8, 4) is 11.1 Å². The van der Waals surface area contributed by atoms with Crippen LogP contribution in [0.3, 0.4) is 0 Å². The second-order valence-corrected chi connectivity index (χ2v) is 8.64. The van der Waals surface area contributed by atoms with Gasteiger partial charge in [0.25, 0.3) is 5.91 Å². The van der Waals surface area contributed by atoms with Crippen molar-refractivity contribution in [1.82, 2.24) is 20.6 Å². The lowest BCUT2D eigenvalue weighted by Gasteiger charge is -2.22. The number of esters is 1.